The fourth-order valence-corrected chi connectivity index (χ4v) is 1.45. The molecule has 0 aromatic rings. The Hall–Kier alpha value is -1.30. The second-order valence-corrected chi connectivity index (χ2v) is 4.48. The largest absolute Gasteiger partial charge is 0.377 e. The van der Waals surface area contributed by atoms with E-state index in [-0.39, 0.29) is 13.2 Å². The monoisotopic (exact) mass is 360 g/mol. The van der Waals surface area contributed by atoms with Crippen molar-refractivity contribution in [3.05, 3.63) is 0 Å². The number of nitriles is 2. The predicted octanol–water partition coefficient (Wildman–Crippen LogP) is 0.150. The number of hydrogen-bond donors (Lipinski definition) is 0. The van der Waals surface area contributed by atoms with Crippen molar-refractivity contribution in [1.82, 2.24) is 0 Å². The summed E-state index contributed by atoms with van der Waals surface area (Å²) in [5.74, 6) is 0. The summed E-state index contributed by atoms with van der Waals surface area (Å²) in [4.78, 5) is 0. The van der Waals surface area contributed by atoms with Crippen LogP contribution in [-0.4, -0.2) is 92.5 Å². The van der Waals surface area contributed by atoms with Gasteiger partial charge in [0.2, 0.25) is 0 Å². The molecule has 0 saturated carbocycles. The minimum Gasteiger partial charge on any atom is -0.377 e. The van der Waals surface area contributed by atoms with Crippen molar-refractivity contribution < 1.29 is 33.2 Å². The molecular weight excluding hydrogens is 332 g/mol. The zero-order valence-corrected chi connectivity index (χ0v) is 14.7. The Morgan fingerprint density at radius 1 is 0.360 bits per heavy atom. The molecule has 0 bridgehead atoms. The minimum atomic E-state index is 0.0895. The lowest BCUT2D eigenvalue weighted by molar-refractivity contribution is -0.0188. The van der Waals surface area contributed by atoms with Crippen LogP contribution in [0.4, 0.5) is 0 Å². The summed E-state index contributed by atoms with van der Waals surface area (Å²) in [5.41, 5.74) is 0. The van der Waals surface area contributed by atoms with E-state index in [2.05, 4.69) is 0 Å². The SMILES string of the molecule is N#CCOCCOCCOCCOCCOCCOCCOCC#N. The van der Waals surface area contributed by atoms with Crippen LogP contribution in [0.5, 0.6) is 0 Å². The lowest BCUT2D eigenvalue weighted by Gasteiger charge is -2.08. The third kappa shape index (κ3) is 22.7. The van der Waals surface area contributed by atoms with Crippen molar-refractivity contribution in [3.63, 3.8) is 0 Å². The molecule has 9 heteroatoms. The summed E-state index contributed by atoms with van der Waals surface area (Å²) in [5, 5.41) is 16.5. The summed E-state index contributed by atoms with van der Waals surface area (Å²) in [6.45, 7) is 5.88. The van der Waals surface area contributed by atoms with E-state index in [0.29, 0.717) is 79.3 Å². The summed E-state index contributed by atoms with van der Waals surface area (Å²) in [6.07, 6.45) is 0. The zero-order chi connectivity index (χ0) is 18.3. The van der Waals surface area contributed by atoms with Gasteiger partial charge in [-0.25, -0.2) is 0 Å². The van der Waals surface area contributed by atoms with E-state index in [4.69, 9.17) is 43.7 Å². The molecule has 0 heterocycles. The van der Waals surface area contributed by atoms with Crippen LogP contribution >= 0.6 is 0 Å². The highest BCUT2D eigenvalue weighted by atomic mass is 16.6. The summed E-state index contributed by atoms with van der Waals surface area (Å²) in [6, 6.07) is 3.77. The van der Waals surface area contributed by atoms with Crippen molar-refractivity contribution in [2.75, 3.05) is 92.5 Å². The maximum atomic E-state index is 8.25. The van der Waals surface area contributed by atoms with Crippen LogP contribution in [0.25, 0.3) is 0 Å². The van der Waals surface area contributed by atoms with E-state index in [1.165, 1.54) is 0 Å². The molecule has 0 unspecified atom stereocenters. The van der Waals surface area contributed by atoms with Crippen molar-refractivity contribution in [2.24, 2.45) is 0 Å². The third-order valence-corrected chi connectivity index (χ3v) is 2.57. The number of hydrogen-bond acceptors (Lipinski definition) is 9. The smallest absolute Gasteiger partial charge is 0.133 e. The average Bonchev–Trinajstić information content (AvgIpc) is 2.63. The Bertz CT molecular complexity index is 312. The summed E-state index contributed by atoms with van der Waals surface area (Å²) in [7, 11) is 0. The predicted molar refractivity (Wildman–Crippen MR) is 87.0 cm³/mol. The molecular formula is C16H28N2O7. The molecule has 144 valence electrons. The molecule has 0 aliphatic rings. The normalized spacial score (nSPS) is 10.5. The van der Waals surface area contributed by atoms with Crippen LogP contribution < -0.4 is 0 Å². The van der Waals surface area contributed by atoms with Gasteiger partial charge in [0, 0.05) is 0 Å². The first kappa shape index (κ1) is 23.7. The Morgan fingerprint density at radius 3 is 0.760 bits per heavy atom. The van der Waals surface area contributed by atoms with Gasteiger partial charge in [0.15, 0.2) is 0 Å². The van der Waals surface area contributed by atoms with E-state index in [1.807, 2.05) is 12.1 Å². The van der Waals surface area contributed by atoms with E-state index in [0.717, 1.165) is 0 Å². The van der Waals surface area contributed by atoms with Crippen LogP contribution in [0.3, 0.4) is 0 Å². The van der Waals surface area contributed by atoms with Crippen molar-refractivity contribution >= 4 is 0 Å². The Balaban J connectivity index is 2.96. The lowest BCUT2D eigenvalue weighted by atomic mass is 10.6. The molecule has 0 fully saturated rings. The first-order valence-corrected chi connectivity index (χ1v) is 8.20. The Morgan fingerprint density at radius 2 is 0.560 bits per heavy atom. The van der Waals surface area contributed by atoms with Gasteiger partial charge in [-0.1, -0.05) is 0 Å². The molecule has 0 saturated heterocycles. The maximum absolute atomic E-state index is 8.25. The van der Waals surface area contributed by atoms with Crippen LogP contribution in [0.2, 0.25) is 0 Å². The highest BCUT2D eigenvalue weighted by Crippen LogP contribution is 1.85. The van der Waals surface area contributed by atoms with Crippen LogP contribution in [0.1, 0.15) is 0 Å². The molecule has 9 nitrogen and oxygen atoms in total. The number of ether oxygens (including phenoxy) is 7. The second-order valence-electron chi connectivity index (χ2n) is 4.48. The molecule has 0 aliphatic carbocycles. The minimum absolute atomic E-state index is 0.0895. The fraction of sp³-hybridized carbons (Fsp3) is 0.875. The molecule has 0 N–H and O–H groups in total. The van der Waals surface area contributed by atoms with Gasteiger partial charge in [0.1, 0.15) is 13.2 Å². The maximum Gasteiger partial charge on any atom is 0.133 e. The second kappa shape index (κ2) is 22.7. The topological polar surface area (TPSA) is 112 Å². The highest BCUT2D eigenvalue weighted by molar-refractivity contribution is 4.66. The molecule has 0 rings (SSSR count). The van der Waals surface area contributed by atoms with Gasteiger partial charge in [-0.05, 0) is 0 Å². The van der Waals surface area contributed by atoms with Crippen molar-refractivity contribution in [3.8, 4) is 12.1 Å². The standard InChI is InChI=1S/C16H28N2O7/c17-1-3-19-5-7-21-9-11-23-13-15-25-16-14-24-12-10-22-8-6-20-4-2-18/h3-16H2. The molecule has 0 aromatic heterocycles. The van der Waals surface area contributed by atoms with E-state index in [1.54, 1.807) is 0 Å². The van der Waals surface area contributed by atoms with Gasteiger partial charge in [0.25, 0.3) is 0 Å². The third-order valence-electron chi connectivity index (χ3n) is 2.57. The molecule has 25 heavy (non-hydrogen) atoms. The lowest BCUT2D eigenvalue weighted by Crippen LogP contribution is -2.14. The Kier molecular flexibility index (Phi) is 21.5. The van der Waals surface area contributed by atoms with Gasteiger partial charge in [-0.2, -0.15) is 10.5 Å². The molecule has 0 amide bonds. The molecule has 0 aromatic carbocycles. The zero-order valence-electron chi connectivity index (χ0n) is 14.7. The van der Waals surface area contributed by atoms with Gasteiger partial charge in [-0.3, -0.25) is 0 Å². The van der Waals surface area contributed by atoms with Crippen molar-refractivity contribution in [2.45, 2.75) is 0 Å². The van der Waals surface area contributed by atoms with Gasteiger partial charge in [0.05, 0.1) is 91.4 Å². The number of rotatable bonds is 20. The van der Waals surface area contributed by atoms with Crippen LogP contribution in [-0.2, 0) is 33.2 Å². The first-order chi connectivity index (χ1) is 12.4. The number of nitrogens with zero attached hydrogens (tertiary/aromatic N) is 2. The highest BCUT2D eigenvalue weighted by Gasteiger charge is 1.94. The van der Waals surface area contributed by atoms with Crippen LogP contribution in [0, 0.1) is 22.7 Å². The molecule has 0 aliphatic heterocycles. The fourth-order valence-electron chi connectivity index (χ4n) is 1.45. The first-order valence-electron chi connectivity index (χ1n) is 8.20. The summed E-state index contributed by atoms with van der Waals surface area (Å²) >= 11 is 0. The van der Waals surface area contributed by atoms with Crippen LogP contribution in [0.15, 0.2) is 0 Å². The Labute approximate surface area is 149 Å². The molecule has 0 spiro atoms. The van der Waals surface area contributed by atoms with E-state index >= 15 is 0 Å². The van der Waals surface area contributed by atoms with E-state index < -0.39 is 0 Å². The van der Waals surface area contributed by atoms with E-state index in [9.17, 15) is 0 Å². The molecule has 0 radical (unpaired) electrons. The van der Waals surface area contributed by atoms with Gasteiger partial charge in [-0.15, -0.1) is 0 Å². The van der Waals surface area contributed by atoms with Gasteiger partial charge >= 0.3 is 0 Å². The average molecular weight is 360 g/mol. The summed E-state index contributed by atoms with van der Waals surface area (Å²) < 4.78 is 36.4. The molecule has 0 atom stereocenters. The quantitative estimate of drug-likeness (QED) is 0.280. The van der Waals surface area contributed by atoms with Crippen molar-refractivity contribution in [1.29, 1.82) is 10.5 Å². The van der Waals surface area contributed by atoms with Gasteiger partial charge < -0.3 is 33.2 Å².